The van der Waals surface area contributed by atoms with Crippen LogP contribution in [0.25, 0.3) is 0 Å². The summed E-state index contributed by atoms with van der Waals surface area (Å²) < 4.78 is 5.20. The van der Waals surface area contributed by atoms with Crippen LogP contribution in [-0.2, 0) is 0 Å². The molecule has 1 aliphatic rings. The second-order valence-electron chi connectivity index (χ2n) is 4.92. The second-order valence-corrected chi connectivity index (χ2v) is 4.92. The Morgan fingerprint density at radius 2 is 1.60 bits per heavy atom. The highest BCUT2D eigenvalue weighted by Crippen LogP contribution is 2.22. The van der Waals surface area contributed by atoms with E-state index in [1.165, 1.54) is 11.4 Å². The molecule has 0 aliphatic carbocycles. The Balaban J connectivity index is 1.63. The lowest BCUT2D eigenvalue weighted by atomic mass is 10.2. The van der Waals surface area contributed by atoms with Gasteiger partial charge in [0, 0.05) is 43.6 Å². The van der Waals surface area contributed by atoms with Crippen molar-refractivity contribution in [3.63, 3.8) is 0 Å². The van der Waals surface area contributed by atoms with Crippen molar-refractivity contribution in [1.82, 2.24) is 0 Å². The first-order valence-electron chi connectivity index (χ1n) is 6.97. The Morgan fingerprint density at radius 3 is 2.20 bits per heavy atom. The van der Waals surface area contributed by atoms with E-state index in [2.05, 4.69) is 40.1 Å². The van der Waals surface area contributed by atoms with E-state index in [4.69, 9.17) is 4.74 Å². The highest BCUT2D eigenvalue weighted by molar-refractivity contribution is 5.52. The number of hydrogen-bond donors (Lipinski definition) is 0. The summed E-state index contributed by atoms with van der Waals surface area (Å²) in [5, 5.41) is 0. The maximum atomic E-state index is 5.20. The van der Waals surface area contributed by atoms with Gasteiger partial charge in [-0.2, -0.15) is 0 Å². The number of para-hydroxylation sites is 1. The molecular weight excluding hydrogens is 248 g/mol. The van der Waals surface area contributed by atoms with Crippen molar-refractivity contribution in [3.8, 4) is 5.75 Å². The van der Waals surface area contributed by atoms with Crippen molar-refractivity contribution in [3.05, 3.63) is 54.6 Å². The number of ether oxygens (including phenoxy) is 1. The van der Waals surface area contributed by atoms with E-state index < -0.39 is 0 Å². The van der Waals surface area contributed by atoms with Gasteiger partial charge in [-0.1, -0.05) is 18.2 Å². The number of piperazine rings is 1. The highest BCUT2D eigenvalue weighted by atomic mass is 16.5. The van der Waals surface area contributed by atoms with Crippen LogP contribution in [0.1, 0.15) is 0 Å². The van der Waals surface area contributed by atoms with E-state index in [1.807, 2.05) is 24.3 Å². The van der Waals surface area contributed by atoms with Crippen molar-refractivity contribution in [2.24, 2.45) is 0 Å². The summed E-state index contributed by atoms with van der Waals surface area (Å²) in [5.74, 6) is 0.909. The molecule has 0 atom stereocenters. The minimum atomic E-state index is 0.909. The summed E-state index contributed by atoms with van der Waals surface area (Å²) in [5.41, 5.74) is 2.46. The molecule has 0 bridgehead atoms. The summed E-state index contributed by atoms with van der Waals surface area (Å²) in [4.78, 5) is 4.80. The van der Waals surface area contributed by atoms with Gasteiger partial charge < -0.3 is 14.5 Å². The third-order valence-electron chi connectivity index (χ3n) is 3.75. The van der Waals surface area contributed by atoms with E-state index in [9.17, 15) is 0 Å². The molecule has 0 spiro atoms. The standard InChI is InChI=1S/C17H19N2O/c1-20-17-9-7-16(8-10-17)19-13-11-18(12-14-19)15-5-3-2-4-6-15/h2-5,7-10H,11-14H2,1H3. The molecule has 0 saturated carbocycles. The van der Waals surface area contributed by atoms with Crippen molar-refractivity contribution >= 4 is 11.4 Å². The maximum absolute atomic E-state index is 5.20. The average molecular weight is 267 g/mol. The molecule has 20 heavy (non-hydrogen) atoms. The molecule has 0 N–H and O–H groups in total. The summed E-state index contributed by atoms with van der Waals surface area (Å²) in [6.45, 7) is 4.14. The second kappa shape index (κ2) is 5.87. The lowest BCUT2D eigenvalue weighted by Crippen LogP contribution is -2.46. The molecule has 1 fully saturated rings. The molecule has 2 aromatic rings. The zero-order valence-electron chi connectivity index (χ0n) is 11.7. The minimum Gasteiger partial charge on any atom is -0.497 e. The van der Waals surface area contributed by atoms with Crippen molar-refractivity contribution in [2.45, 2.75) is 0 Å². The molecule has 3 nitrogen and oxygen atoms in total. The van der Waals surface area contributed by atoms with Crippen LogP contribution in [0.4, 0.5) is 11.4 Å². The number of nitrogens with zero attached hydrogens (tertiary/aromatic N) is 2. The number of methoxy groups -OCH3 is 1. The van der Waals surface area contributed by atoms with Crippen LogP contribution in [0.15, 0.2) is 48.5 Å². The van der Waals surface area contributed by atoms with Crippen LogP contribution in [0.3, 0.4) is 0 Å². The fourth-order valence-corrected chi connectivity index (χ4v) is 2.58. The average Bonchev–Trinajstić information content (AvgIpc) is 2.56. The van der Waals surface area contributed by atoms with E-state index in [0.717, 1.165) is 31.9 Å². The molecule has 0 amide bonds. The van der Waals surface area contributed by atoms with E-state index in [1.54, 1.807) is 7.11 Å². The molecule has 0 aromatic heterocycles. The van der Waals surface area contributed by atoms with E-state index >= 15 is 0 Å². The predicted molar refractivity (Wildman–Crippen MR) is 82.7 cm³/mol. The Hall–Kier alpha value is -2.16. The maximum Gasteiger partial charge on any atom is 0.119 e. The van der Waals surface area contributed by atoms with Gasteiger partial charge in [-0.25, -0.2) is 0 Å². The molecule has 1 aliphatic heterocycles. The molecule has 1 saturated heterocycles. The topological polar surface area (TPSA) is 15.7 Å². The predicted octanol–water partition coefficient (Wildman–Crippen LogP) is 2.82. The molecule has 1 radical (unpaired) electrons. The molecule has 3 heteroatoms. The van der Waals surface area contributed by atoms with Gasteiger partial charge in [0.2, 0.25) is 0 Å². The van der Waals surface area contributed by atoms with Crippen LogP contribution in [0, 0.1) is 6.07 Å². The minimum absolute atomic E-state index is 0.909. The molecule has 103 valence electrons. The van der Waals surface area contributed by atoms with Gasteiger partial charge in [0.15, 0.2) is 0 Å². The SMILES string of the molecule is COc1ccc(N2CCN(c3[c]cccc3)CC2)cc1. The zero-order chi connectivity index (χ0) is 13.8. The number of hydrogen-bond acceptors (Lipinski definition) is 3. The monoisotopic (exact) mass is 267 g/mol. The number of benzene rings is 2. The first-order chi connectivity index (χ1) is 9.86. The molecule has 2 aromatic carbocycles. The van der Waals surface area contributed by atoms with Crippen LogP contribution >= 0.6 is 0 Å². The van der Waals surface area contributed by atoms with Crippen LogP contribution in [-0.4, -0.2) is 33.3 Å². The Kier molecular flexibility index (Phi) is 3.77. The Morgan fingerprint density at radius 1 is 0.900 bits per heavy atom. The summed E-state index contributed by atoms with van der Waals surface area (Å²) in [7, 11) is 1.70. The highest BCUT2D eigenvalue weighted by Gasteiger charge is 2.17. The zero-order valence-corrected chi connectivity index (χ0v) is 11.7. The van der Waals surface area contributed by atoms with Gasteiger partial charge in [0.25, 0.3) is 0 Å². The molecule has 1 heterocycles. The van der Waals surface area contributed by atoms with Gasteiger partial charge in [-0.3, -0.25) is 0 Å². The van der Waals surface area contributed by atoms with Gasteiger partial charge in [-0.15, -0.1) is 0 Å². The lowest BCUT2D eigenvalue weighted by molar-refractivity contribution is 0.415. The van der Waals surface area contributed by atoms with Crippen LogP contribution in [0.5, 0.6) is 5.75 Å². The van der Waals surface area contributed by atoms with Gasteiger partial charge >= 0.3 is 0 Å². The number of anilines is 2. The first-order valence-corrected chi connectivity index (χ1v) is 6.97. The summed E-state index contributed by atoms with van der Waals surface area (Å²) in [6, 6.07) is 19.8. The fraction of sp³-hybridized carbons (Fsp3) is 0.294. The number of rotatable bonds is 3. The third kappa shape index (κ3) is 2.72. The van der Waals surface area contributed by atoms with Crippen molar-refractivity contribution in [2.75, 3.05) is 43.1 Å². The third-order valence-corrected chi connectivity index (χ3v) is 3.75. The normalized spacial score (nSPS) is 15.2. The Labute approximate surface area is 120 Å². The quantitative estimate of drug-likeness (QED) is 0.850. The molecule has 0 unspecified atom stereocenters. The van der Waals surface area contributed by atoms with Crippen LogP contribution < -0.4 is 14.5 Å². The van der Waals surface area contributed by atoms with Crippen molar-refractivity contribution < 1.29 is 4.74 Å². The van der Waals surface area contributed by atoms with Crippen molar-refractivity contribution in [1.29, 1.82) is 0 Å². The molecular formula is C17H19N2O. The largest absolute Gasteiger partial charge is 0.497 e. The van der Waals surface area contributed by atoms with E-state index in [0.29, 0.717) is 0 Å². The Bertz CT molecular complexity index is 531. The van der Waals surface area contributed by atoms with E-state index in [-0.39, 0.29) is 0 Å². The van der Waals surface area contributed by atoms with Crippen LogP contribution in [0.2, 0.25) is 0 Å². The fourth-order valence-electron chi connectivity index (χ4n) is 2.58. The smallest absolute Gasteiger partial charge is 0.119 e. The summed E-state index contributed by atoms with van der Waals surface area (Å²) in [6.07, 6.45) is 0. The van der Waals surface area contributed by atoms with Gasteiger partial charge in [0.05, 0.1) is 7.11 Å². The van der Waals surface area contributed by atoms with Gasteiger partial charge in [0.1, 0.15) is 5.75 Å². The lowest BCUT2D eigenvalue weighted by Gasteiger charge is -2.37. The molecule has 3 rings (SSSR count). The van der Waals surface area contributed by atoms with Gasteiger partial charge in [-0.05, 0) is 30.3 Å². The first kappa shape index (κ1) is 12.9. The summed E-state index contributed by atoms with van der Waals surface area (Å²) >= 11 is 0.